The molecule has 3 aromatic rings. The second kappa shape index (κ2) is 9.79. The third kappa shape index (κ3) is 5.52. The average molecular weight is 457 g/mol. The molecule has 9 nitrogen and oxygen atoms in total. The van der Waals surface area contributed by atoms with Gasteiger partial charge in [-0.15, -0.1) is 11.3 Å². The maximum Gasteiger partial charge on any atom is 0.338 e. The standard InChI is InChI=1S/C21H16FN3O6S/c1-12(19(26)24-15-8-9-16(22)17(11-15)25(29)30)31-21(28)13-4-6-14(7-5-13)23-20(27)18-3-2-10-32-18/h2-12H,1H3,(H,23,27)(H,24,26). The van der Waals surface area contributed by atoms with E-state index in [1.807, 2.05) is 0 Å². The molecular formula is C21H16FN3O6S. The van der Waals surface area contributed by atoms with Gasteiger partial charge in [-0.1, -0.05) is 6.07 Å². The van der Waals surface area contributed by atoms with Crippen LogP contribution in [0.1, 0.15) is 27.0 Å². The summed E-state index contributed by atoms with van der Waals surface area (Å²) < 4.78 is 18.5. The van der Waals surface area contributed by atoms with E-state index in [1.165, 1.54) is 42.5 Å². The molecule has 3 rings (SSSR count). The van der Waals surface area contributed by atoms with Crippen molar-refractivity contribution in [2.45, 2.75) is 13.0 Å². The van der Waals surface area contributed by atoms with E-state index in [4.69, 9.17) is 4.74 Å². The molecule has 0 spiro atoms. The minimum atomic E-state index is -1.23. The number of halogens is 1. The molecule has 1 unspecified atom stereocenters. The van der Waals surface area contributed by atoms with Crippen LogP contribution in [0.4, 0.5) is 21.5 Å². The zero-order valence-electron chi connectivity index (χ0n) is 16.5. The van der Waals surface area contributed by atoms with Gasteiger partial charge in [0.2, 0.25) is 5.82 Å². The van der Waals surface area contributed by atoms with Gasteiger partial charge in [0.25, 0.3) is 11.8 Å². The molecule has 2 N–H and O–H groups in total. The number of ether oxygens (including phenoxy) is 1. The number of carbonyl (C=O) groups excluding carboxylic acids is 3. The molecule has 0 saturated heterocycles. The van der Waals surface area contributed by atoms with Crippen LogP contribution >= 0.6 is 11.3 Å². The summed E-state index contributed by atoms with van der Waals surface area (Å²) in [6.07, 6.45) is -1.23. The van der Waals surface area contributed by atoms with Gasteiger partial charge in [0.15, 0.2) is 6.10 Å². The summed E-state index contributed by atoms with van der Waals surface area (Å²) in [7, 11) is 0. The number of nitrogens with one attached hydrogen (secondary N) is 2. The molecule has 32 heavy (non-hydrogen) atoms. The van der Waals surface area contributed by atoms with Gasteiger partial charge in [-0.3, -0.25) is 19.7 Å². The number of nitro groups is 1. The van der Waals surface area contributed by atoms with Gasteiger partial charge < -0.3 is 15.4 Å². The van der Waals surface area contributed by atoms with Crippen molar-refractivity contribution in [1.29, 1.82) is 0 Å². The van der Waals surface area contributed by atoms with Crippen molar-refractivity contribution in [1.82, 2.24) is 0 Å². The molecule has 0 aliphatic rings. The van der Waals surface area contributed by atoms with Gasteiger partial charge in [-0.25, -0.2) is 4.79 Å². The van der Waals surface area contributed by atoms with E-state index in [0.29, 0.717) is 10.6 Å². The lowest BCUT2D eigenvalue weighted by Gasteiger charge is -2.14. The van der Waals surface area contributed by atoms with Crippen molar-refractivity contribution < 1.29 is 28.4 Å². The lowest BCUT2D eigenvalue weighted by Crippen LogP contribution is -2.30. The average Bonchev–Trinajstić information content (AvgIpc) is 3.30. The minimum Gasteiger partial charge on any atom is -0.449 e. The van der Waals surface area contributed by atoms with Crippen LogP contribution in [0, 0.1) is 15.9 Å². The van der Waals surface area contributed by atoms with Crippen LogP contribution in [0.15, 0.2) is 60.0 Å². The lowest BCUT2D eigenvalue weighted by atomic mass is 10.2. The van der Waals surface area contributed by atoms with E-state index < -0.39 is 34.4 Å². The fraction of sp³-hybridized carbons (Fsp3) is 0.0952. The van der Waals surface area contributed by atoms with Crippen molar-refractivity contribution in [3.63, 3.8) is 0 Å². The molecule has 11 heteroatoms. The van der Waals surface area contributed by atoms with E-state index in [0.717, 1.165) is 18.2 Å². The van der Waals surface area contributed by atoms with Gasteiger partial charge in [-0.2, -0.15) is 4.39 Å². The summed E-state index contributed by atoms with van der Waals surface area (Å²) in [5.74, 6) is -2.85. The Balaban J connectivity index is 1.57. The fourth-order valence-corrected chi connectivity index (χ4v) is 3.17. The Hall–Kier alpha value is -4.12. The first-order chi connectivity index (χ1) is 15.2. The van der Waals surface area contributed by atoms with Gasteiger partial charge in [0.05, 0.1) is 15.4 Å². The lowest BCUT2D eigenvalue weighted by molar-refractivity contribution is -0.387. The molecule has 0 fully saturated rings. The van der Waals surface area contributed by atoms with Gasteiger partial charge >= 0.3 is 11.7 Å². The monoisotopic (exact) mass is 457 g/mol. The Kier molecular flexibility index (Phi) is 6.90. The van der Waals surface area contributed by atoms with E-state index >= 15 is 0 Å². The summed E-state index contributed by atoms with van der Waals surface area (Å²) >= 11 is 1.30. The third-order valence-corrected chi connectivity index (χ3v) is 5.06. The first kappa shape index (κ1) is 22.6. The Morgan fingerprint density at radius 3 is 2.38 bits per heavy atom. The molecule has 0 aliphatic heterocycles. The molecule has 1 heterocycles. The topological polar surface area (TPSA) is 128 Å². The number of hydrogen-bond donors (Lipinski definition) is 2. The molecule has 1 atom stereocenters. The van der Waals surface area contributed by atoms with Crippen molar-refractivity contribution in [2.24, 2.45) is 0 Å². The zero-order valence-corrected chi connectivity index (χ0v) is 17.4. The normalized spacial score (nSPS) is 11.3. The Morgan fingerprint density at radius 1 is 1.06 bits per heavy atom. The number of amides is 2. The number of nitro benzene ring substituents is 1. The number of thiophene rings is 1. The van der Waals surface area contributed by atoms with Crippen LogP contribution in [0.5, 0.6) is 0 Å². The Bertz CT molecular complexity index is 1160. The van der Waals surface area contributed by atoms with Crippen LogP contribution in [-0.2, 0) is 9.53 Å². The first-order valence-corrected chi connectivity index (χ1v) is 10.0. The predicted molar refractivity (Wildman–Crippen MR) is 115 cm³/mol. The zero-order chi connectivity index (χ0) is 23.3. The maximum atomic E-state index is 13.4. The van der Waals surface area contributed by atoms with Crippen molar-refractivity contribution >= 4 is 46.2 Å². The second-order valence-corrected chi connectivity index (χ2v) is 7.42. The molecule has 0 saturated carbocycles. The highest BCUT2D eigenvalue weighted by Crippen LogP contribution is 2.22. The largest absolute Gasteiger partial charge is 0.449 e. The maximum absolute atomic E-state index is 13.4. The highest BCUT2D eigenvalue weighted by atomic mass is 32.1. The summed E-state index contributed by atoms with van der Waals surface area (Å²) in [6.45, 7) is 1.32. The number of rotatable bonds is 7. The van der Waals surface area contributed by atoms with Crippen LogP contribution in [0.25, 0.3) is 0 Å². The molecule has 2 amide bonds. The third-order valence-electron chi connectivity index (χ3n) is 4.19. The summed E-state index contributed by atoms with van der Waals surface area (Å²) in [5, 5.41) is 17.6. The predicted octanol–water partition coefficient (Wildman–Crippen LogP) is 4.23. The van der Waals surface area contributed by atoms with Crippen LogP contribution in [0.2, 0.25) is 0 Å². The quantitative estimate of drug-likeness (QED) is 0.310. The molecule has 2 aromatic carbocycles. The number of nitrogens with zero attached hydrogens (tertiary/aromatic N) is 1. The minimum absolute atomic E-state index is 0.0168. The second-order valence-electron chi connectivity index (χ2n) is 6.47. The van der Waals surface area contributed by atoms with Crippen molar-refractivity contribution in [3.05, 3.63) is 86.3 Å². The van der Waals surface area contributed by atoms with Gasteiger partial charge in [0.1, 0.15) is 0 Å². The van der Waals surface area contributed by atoms with E-state index in [9.17, 15) is 28.9 Å². The van der Waals surface area contributed by atoms with Crippen LogP contribution in [0.3, 0.4) is 0 Å². The number of hydrogen-bond acceptors (Lipinski definition) is 7. The Morgan fingerprint density at radius 2 is 1.75 bits per heavy atom. The highest BCUT2D eigenvalue weighted by Gasteiger charge is 2.21. The van der Waals surface area contributed by atoms with E-state index in [-0.39, 0.29) is 17.2 Å². The van der Waals surface area contributed by atoms with Crippen LogP contribution in [-0.4, -0.2) is 28.8 Å². The number of anilines is 2. The molecule has 0 radical (unpaired) electrons. The number of carbonyl (C=O) groups is 3. The summed E-state index contributed by atoms with van der Waals surface area (Å²) in [5.41, 5.74) is -0.185. The van der Waals surface area contributed by atoms with Crippen LogP contribution < -0.4 is 10.6 Å². The molecule has 1 aromatic heterocycles. The summed E-state index contributed by atoms with van der Waals surface area (Å²) in [4.78, 5) is 47.0. The molecular weight excluding hydrogens is 441 g/mol. The Labute approximate surface area is 185 Å². The SMILES string of the molecule is CC(OC(=O)c1ccc(NC(=O)c2cccs2)cc1)C(=O)Nc1ccc(F)c([N+](=O)[O-])c1. The van der Waals surface area contributed by atoms with E-state index in [1.54, 1.807) is 17.5 Å². The molecule has 0 bridgehead atoms. The first-order valence-electron chi connectivity index (χ1n) is 9.15. The molecule has 0 aliphatic carbocycles. The van der Waals surface area contributed by atoms with E-state index in [2.05, 4.69) is 10.6 Å². The highest BCUT2D eigenvalue weighted by molar-refractivity contribution is 7.12. The van der Waals surface area contributed by atoms with Gasteiger partial charge in [-0.05, 0) is 54.8 Å². The van der Waals surface area contributed by atoms with Crippen molar-refractivity contribution in [3.8, 4) is 0 Å². The fourth-order valence-electron chi connectivity index (χ4n) is 2.55. The molecule has 164 valence electrons. The number of esters is 1. The smallest absolute Gasteiger partial charge is 0.338 e. The van der Waals surface area contributed by atoms with Crippen molar-refractivity contribution in [2.75, 3.05) is 10.6 Å². The van der Waals surface area contributed by atoms with Gasteiger partial charge in [0, 0.05) is 17.4 Å². The number of benzene rings is 2. The summed E-state index contributed by atoms with van der Waals surface area (Å²) in [6, 6.07) is 12.2.